The second kappa shape index (κ2) is 18.7. The zero-order valence-electron chi connectivity index (χ0n) is 35.9. The molecule has 0 saturated carbocycles. The molecule has 8 aromatic rings. The minimum absolute atomic E-state index is 0.0938. The van der Waals surface area contributed by atoms with Crippen molar-refractivity contribution in [1.29, 1.82) is 0 Å². The van der Waals surface area contributed by atoms with E-state index in [1.807, 2.05) is 121 Å². The molecular weight excluding hydrogens is 787 g/mol. The summed E-state index contributed by atoms with van der Waals surface area (Å²) in [6.07, 6.45) is 0.577. The predicted molar refractivity (Wildman–Crippen MR) is 252 cm³/mol. The Labute approximate surface area is 367 Å². The number of hydrogen-bond donors (Lipinski definition) is 2. The quantitative estimate of drug-likeness (QED) is 0.115. The smallest absolute Gasteiger partial charge is 0.258 e. The van der Waals surface area contributed by atoms with Crippen LogP contribution in [0.4, 0.5) is 20.2 Å². The van der Waals surface area contributed by atoms with Gasteiger partial charge in [-0.2, -0.15) is 0 Å². The largest absolute Gasteiger partial charge is 0.343 e. The molecule has 2 heterocycles. The van der Waals surface area contributed by atoms with Crippen molar-refractivity contribution in [2.75, 3.05) is 10.6 Å². The van der Waals surface area contributed by atoms with Crippen LogP contribution in [0.15, 0.2) is 170 Å². The van der Waals surface area contributed by atoms with E-state index in [-0.39, 0.29) is 35.3 Å². The highest BCUT2D eigenvalue weighted by Gasteiger charge is 2.33. The van der Waals surface area contributed by atoms with Crippen LogP contribution in [0.25, 0.3) is 44.8 Å². The number of hydrogen-bond acceptors (Lipinski definition) is 2. The van der Waals surface area contributed by atoms with E-state index < -0.39 is 0 Å². The van der Waals surface area contributed by atoms with E-state index in [0.717, 1.165) is 56.2 Å². The fourth-order valence-corrected chi connectivity index (χ4v) is 8.80. The highest BCUT2D eigenvalue weighted by atomic mass is 19.1. The van der Waals surface area contributed by atoms with Gasteiger partial charge in [0.25, 0.3) is 11.8 Å². The van der Waals surface area contributed by atoms with Gasteiger partial charge in [0.05, 0.1) is 22.5 Å². The van der Waals surface area contributed by atoms with Crippen LogP contribution in [-0.2, 0) is 13.1 Å². The monoisotopic (exact) mass is 836 g/mol. The van der Waals surface area contributed by atoms with Crippen LogP contribution in [0.2, 0.25) is 0 Å². The summed E-state index contributed by atoms with van der Waals surface area (Å²) < 4.78 is 33.7. The van der Waals surface area contributed by atoms with Crippen molar-refractivity contribution in [2.45, 2.75) is 59.0 Å². The first-order chi connectivity index (χ1) is 30.6. The van der Waals surface area contributed by atoms with Gasteiger partial charge in [-0.15, -0.1) is 0 Å². The van der Waals surface area contributed by atoms with E-state index in [4.69, 9.17) is 0 Å². The molecule has 316 valence electrons. The van der Waals surface area contributed by atoms with Crippen LogP contribution in [-0.4, -0.2) is 20.9 Å². The Hall–Kier alpha value is -7.32. The van der Waals surface area contributed by atoms with Crippen molar-refractivity contribution in [1.82, 2.24) is 9.13 Å². The highest BCUT2D eigenvalue weighted by Crippen LogP contribution is 2.45. The van der Waals surface area contributed by atoms with Gasteiger partial charge in [0, 0.05) is 47.0 Å². The number of anilines is 2. The lowest BCUT2D eigenvalue weighted by atomic mass is 9.94. The maximum atomic E-state index is 14.7. The van der Waals surface area contributed by atoms with Crippen molar-refractivity contribution in [3.63, 3.8) is 0 Å². The maximum absolute atomic E-state index is 14.7. The number of aromatic nitrogens is 2. The van der Waals surface area contributed by atoms with E-state index in [1.165, 1.54) is 24.3 Å². The normalized spacial score (nSPS) is 11.3. The van der Waals surface area contributed by atoms with Gasteiger partial charge < -0.3 is 19.8 Å². The molecule has 0 saturated heterocycles. The molecule has 0 fully saturated rings. The van der Waals surface area contributed by atoms with Gasteiger partial charge in [0.1, 0.15) is 11.6 Å². The topological polar surface area (TPSA) is 68.1 Å². The molecule has 0 aliphatic heterocycles. The molecule has 0 bridgehead atoms. The summed E-state index contributed by atoms with van der Waals surface area (Å²) >= 11 is 0. The molecule has 6 aromatic carbocycles. The highest BCUT2D eigenvalue weighted by molar-refractivity contribution is 6.13. The summed E-state index contributed by atoms with van der Waals surface area (Å²) in [4.78, 5) is 29.5. The summed E-state index contributed by atoms with van der Waals surface area (Å²) in [5.74, 6) is -1.37. The van der Waals surface area contributed by atoms with Gasteiger partial charge in [0.2, 0.25) is 0 Å². The number of benzene rings is 6. The Balaban J connectivity index is 1.32. The molecule has 0 spiro atoms. The zero-order chi connectivity index (χ0) is 44.0. The van der Waals surface area contributed by atoms with E-state index in [2.05, 4.69) is 47.5 Å². The van der Waals surface area contributed by atoms with E-state index in [0.29, 0.717) is 42.0 Å². The average Bonchev–Trinajstić information content (AvgIpc) is 3.83. The van der Waals surface area contributed by atoms with Crippen LogP contribution < -0.4 is 10.6 Å². The number of amides is 2. The Morgan fingerprint density at radius 2 is 0.762 bits per heavy atom. The number of nitrogens with one attached hydrogen (secondary N) is 2. The third-order valence-corrected chi connectivity index (χ3v) is 11.3. The van der Waals surface area contributed by atoms with Crippen molar-refractivity contribution in [2.24, 2.45) is 0 Å². The van der Waals surface area contributed by atoms with Crippen LogP contribution >= 0.6 is 0 Å². The van der Waals surface area contributed by atoms with Crippen molar-refractivity contribution < 1.29 is 18.4 Å². The molecule has 6 nitrogen and oxygen atoms in total. The summed E-state index contributed by atoms with van der Waals surface area (Å²) in [6.45, 7) is 9.31. The van der Waals surface area contributed by atoms with Gasteiger partial charge in [-0.05, 0) is 113 Å². The minimum atomic E-state index is -0.354. The van der Waals surface area contributed by atoms with Gasteiger partial charge in [-0.1, -0.05) is 125 Å². The first-order valence-electron chi connectivity index (χ1n) is 21.5. The minimum Gasteiger partial charge on any atom is -0.343 e. The molecule has 8 heteroatoms. The molecule has 8 rings (SSSR count). The van der Waals surface area contributed by atoms with Crippen molar-refractivity contribution >= 4 is 23.2 Å². The van der Waals surface area contributed by atoms with E-state index in [9.17, 15) is 18.4 Å². The fourth-order valence-electron chi connectivity index (χ4n) is 8.80. The number of nitrogens with zero attached hydrogens (tertiary/aromatic N) is 2. The number of carbonyl (C=O) groups excluding carboxylic acids is 2. The first-order valence-corrected chi connectivity index (χ1v) is 21.5. The zero-order valence-corrected chi connectivity index (χ0v) is 35.9. The number of rotatable bonds is 14. The van der Waals surface area contributed by atoms with Crippen molar-refractivity contribution in [3.05, 3.63) is 204 Å². The molecule has 2 aromatic heterocycles. The molecule has 0 aliphatic rings. The van der Waals surface area contributed by atoms with Crippen LogP contribution in [0.5, 0.6) is 0 Å². The van der Waals surface area contributed by atoms with E-state index >= 15 is 0 Å². The van der Waals surface area contributed by atoms with Crippen LogP contribution in [0.3, 0.4) is 0 Å². The number of halogens is 2. The lowest BCUT2D eigenvalue weighted by Gasteiger charge is -2.20. The standard InChI is InChI=1S/C55H50F2N4O2/c1-36(2)50-48(54(62)58-44-22-13-7-14-23-44)46(38-18-9-5-10-19-38)52(40-26-30-42(56)31-27-40)60(50)34-17-35-61-51(37(3)4)49(55(63)59-45-24-15-8-16-25-45)47(39-20-11-6-12-21-39)53(61)41-28-32-43(57)33-29-41/h5-16,18-33,36-37H,17,34-35H2,1-4H3,(H,58,62)(H,59,63). The van der Waals surface area contributed by atoms with E-state index in [1.54, 1.807) is 24.3 Å². The lowest BCUT2D eigenvalue weighted by Crippen LogP contribution is -2.18. The summed E-state index contributed by atoms with van der Waals surface area (Å²) in [5, 5.41) is 6.34. The Kier molecular flexibility index (Phi) is 12.6. The molecule has 0 radical (unpaired) electrons. The third-order valence-electron chi connectivity index (χ3n) is 11.3. The Morgan fingerprint density at radius 1 is 0.444 bits per heavy atom. The van der Waals surface area contributed by atoms with Gasteiger partial charge in [-0.25, -0.2) is 8.78 Å². The second-order valence-electron chi connectivity index (χ2n) is 16.3. The number of carbonyl (C=O) groups is 2. The molecule has 2 amide bonds. The predicted octanol–water partition coefficient (Wildman–Crippen LogP) is 14.1. The van der Waals surface area contributed by atoms with Crippen LogP contribution in [0, 0.1) is 11.6 Å². The van der Waals surface area contributed by atoms with Gasteiger partial charge in [-0.3, -0.25) is 9.59 Å². The molecule has 0 atom stereocenters. The first kappa shape index (κ1) is 42.4. The average molecular weight is 837 g/mol. The third kappa shape index (κ3) is 8.89. The molecule has 0 aliphatic carbocycles. The summed E-state index contributed by atoms with van der Waals surface area (Å²) in [6, 6.07) is 51.5. The molecular formula is C55H50F2N4O2. The summed E-state index contributed by atoms with van der Waals surface area (Å²) in [7, 11) is 0. The molecule has 2 N–H and O–H groups in total. The Bertz CT molecular complexity index is 2630. The SMILES string of the molecule is CC(C)c1c(C(=O)Nc2ccccc2)c(-c2ccccc2)c(-c2ccc(F)cc2)n1CCCn1c(-c2ccc(F)cc2)c(-c2ccccc2)c(C(=O)Nc2ccccc2)c1C(C)C. The fraction of sp³-hybridized carbons (Fsp3) is 0.164. The van der Waals surface area contributed by atoms with Crippen LogP contribution in [0.1, 0.15) is 78.1 Å². The second-order valence-corrected chi connectivity index (χ2v) is 16.3. The number of para-hydroxylation sites is 2. The lowest BCUT2D eigenvalue weighted by molar-refractivity contribution is 0.101. The van der Waals surface area contributed by atoms with Gasteiger partial charge >= 0.3 is 0 Å². The Morgan fingerprint density at radius 3 is 1.08 bits per heavy atom. The van der Waals surface area contributed by atoms with Crippen molar-refractivity contribution in [3.8, 4) is 44.8 Å². The molecule has 63 heavy (non-hydrogen) atoms. The molecule has 0 unspecified atom stereocenters. The van der Waals surface area contributed by atoms with Gasteiger partial charge in [0.15, 0.2) is 0 Å². The maximum Gasteiger partial charge on any atom is 0.258 e. The summed E-state index contributed by atoms with van der Waals surface area (Å²) in [5.41, 5.74) is 10.6.